The van der Waals surface area contributed by atoms with Crippen molar-refractivity contribution in [3.63, 3.8) is 0 Å². The highest BCUT2D eigenvalue weighted by Gasteiger charge is 2.10. The van der Waals surface area contributed by atoms with Crippen LogP contribution in [0.3, 0.4) is 0 Å². The van der Waals surface area contributed by atoms with Gasteiger partial charge in [-0.2, -0.15) is 9.97 Å². The number of nitrogen functional groups attached to an aromatic ring is 1. The van der Waals surface area contributed by atoms with E-state index in [0.717, 1.165) is 6.42 Å². The van der Waals surface area contributed by atoms with Gasteiger partial charge in [-0.1, -0.05) is 25.5 Å². The van der Waals surface area contributed by atoms with Gasteiger partial charge in [-0.3, -0.25) is 0 Å². The average Bonchev–Trinajstić information content (AvgIpc) is 2.48. The van der Waals surface area contributed by atoms with Crippen LogP contribution in [0.25, 0.3) is 0 Å². The number of hydrogen-bond acceptors (Lipinski definition) is 5. The van der Waals surface area contributed by atoms with Crippen LogP contribution >= 0.6 is 0 Å². The van der Waals surface area contributed by atoms with Crippen molar-refractivity contribution in [3.05, 3.63) is 36.2 Å². The fourth-order valence-electron chi connectivity index (χ4n) is 1.82. The summed E-state index contributed by atoms with van der Waals surface area (Å²) in [7, 11) is 1.50. The Hall–Kier alpha value is -2.30. The summed E-state index contributed by atoms with van der Waals surface area (Å²) in [5, 5.41) is 0. The summed E-state index contributed by atoms with van der Waals surface area (Å²) in [5.41, 5.74) is 7.46. The third kappa shape index (κ3) is 3.38. The zero-order valence-corrected chi connectivity index (χ0v) is 11.8. The minimum absolute atomic E-state index is 0.296. The van der Waals surface area contributed by atoms with Crippen molar-refractivity contribution in [1.82, 2.24) is 9.97 Å². The molecule has 0 radical (unpaired) electrons. The predicted octanol–water partition coefficient (Wildman–Crippen LogP) is 3.20. The maximum Gasteiger partial charge on any atom is 0.249 e. The van der Waals surface area contributed by atoms with Gasteiger partial charge in [0, 0.05) is 0 Å². The molecular formula is C15H19N3O2. The van der Waals surface area contributed by atoms with Gasteiger partial charge >= 0.3 is 0 Å². The summed E-state index contributed by atoms with van der Waals surface area (Å²) < 4.78 is 10.7. The first-order chi connectivity index (χ1) is 9.74. The summed E-state index contributed by atoms with van der Waals surface area (Å²) in [4.78, 5) is 7.92. The second kappa shape index (κ2) is 6.75. The smallest absolute Gasteiger partial charge is 0.249 e. The van der Waals surface area contributed by atoms with Crippen molar-refractivity contribution >= 4 is 5.69 Å². The second-order valence-electron chi connectivity index (χ2n) is 4.45. The molecule has 2 aromatic rings. The molecule has 0 atom stereocenters. The van der Waals surface area contributed by atoms with Crippen LogP contribution in [0.1, 0.15) is 25.3 Å². The van der Waals surface area contributed by atoms with E-state index in [4.69, 9.17) is 15.2 Å². The number of ether oxygens (including phenoxy) is 2. The number of nitrogens with two attached hydrogens (primary N) is 1. The molecule has 1 aromatic carbocycles. The van der Waals surface area contributed by atoms with Crippen LogP contribution in [-0.4, -0.2) is 17.1 Å². The highest BCUT2D eigenvalue weighted by atomic mass is 16.5. The van der Waals surface area contributed by atoms with Gasteiger partial charge in [-0.25, -0.2) is 0 Å². The van der Waals surface area contributed by atoms with E-state index in [1.807, 2.05) is 12.1 Å². The van der Waals surface area contributed by atoms with E-state index in [-0.39, 0.29) is 0 Å². The number of aromatic nitrogens is 2. The van der Waals surface area contributed by atoms with Gasteiger partial charge in [-0.05, 0) is 30.5 Å². The first kappa shape index (κ1) is 14.1. The Morgan fingerprint density at radius 3 is 2.45 bits per heavy atom. The van der Waals surface area contributed by atoms with Crippen LogP contribution in [0, 0.1) is 0 Å². The van der Waals surface area contributed by atoms with Gasteiger partial charge in [0.1, 0.15) is 12.1 Å². The van der Waals surface area contributed by atoms with Crippen molar-refractivity contribution in [3.8, 4) is 17.5 Å². The van der Waals surface area contributed by atoms with Crippen molar-refractivity contribution in [2.24, 2.45) is 0 Å². The summed E-state index contributed by atoms with van der Waals surface area (Å²) >= 11 is 0. The van der Waals surface area contributed by atoms with E-state index < -0.39 is 0 Å². The molecule has 0 saturated heterocycles. The summed E-state index contributed by atoms with van der Waals surface area (Å²) in [6.45, 7) is 2.18. The van der Waals surface area contributed by atoms with Gasteiger partial charge in [0.15, 0.2) is 5.69 Å². The van der Waals surface area contributed by atoms with Crippen LogP contribution in [0.15, 0.2) is 30.6 Å². The molecule has 0 amide bonds. The van der Waals surface area contributed by atoms with Gasteiger partial charge in [-0.15, -0.1) is 0 Å². The largest absolute Gasteiger partial charge is 0.479 e. The van der Waals surface area contributed by atoms with E-state index in [9.17, 15) is 0 Å². The van der Waals surface area contributed by atoms with Crippen LogP contribution in [0.4, 0.5) is 5.69 Å². The lowest BCUT2D eigenvalue weighted by Crippen LogP contribution is -2.00. The van der Waals surface area contributed by atoms with Gasteiger partial charge in [0.2, 0.25) is 11.8 Å². The molecular weight excluding hydrogens is 254 g/mol. The Balaban J connectivity index is 2.10. The topological polar surface area (TPSA) is 70.3 Å². The molecule has 0 aliphatic carbocycles. The lowest BCUT2D eigenvalue weighted by Gasteiger charge is -2.09. The molecule has 1 aromatic heterocycles. The molecule has 106 valence electrons. The highest BCUT2D eigenvalue weighted by Crippen LogP contribution is 2.30. The number of methoxy groups -OCH3 is 1. The van der Waals surface area contributed by atoms with Crippen molar-refractivity contribution in [2.75, 3.05) is 12.8 Å². The molecule has 1 heterocycles. The molecule has 2 N–H and O–H groups in total. The third-order valence-electron chi connectivity index (χ3n) is 2.96. The van der Waals surface area contributed by atoms with E-state index in [1.165, 1.54) is 31.8 Å². The number of aryl methyl sites for hydroxylation is 1. The Morgan fingerprint density at radius 2 is 1.80 bits per heavy atom. The summed E-state index contributed by atoms with van der Waals surface area (Å²) in [6, 6.07) is 7.94. The van der Waals surface area contributed by atoms with E-state index in [2.05, 4.69) is 29.0 Å². The standard InChI is InChI=1S/C15H19N3O2/c1-3-4-5-11-6-8-12(9-7-11)20-15-13(16)14(19-2)17-10-18-15/h6-10H,3-5,16H2,1-2H3. The molecule has 0 aliphatic heterocycles. The van der Waals surface area contributed by atoms with Crippen molar-refractivity contribution in [1.29, 1.82) is 0 Å². The molecule has 0 bridgehead atoms. The van der Waals surface area contributed by atoms with Crippen molar-refractivity contribution in [2.45, 2.75) is 26.2 Å². The lowest BCUT2D eigenvalue weighted by molar-refractivity contribution is 0.391. The Kier molecular flexibility index (Phi) is 4.76. The molecule has 0 spiro atoms. The monoisotopic (exact) mass is 273 g/mol. The zero-order valence-electron chi connectivity index (χ0n) is 11.8. The zero-order chi connectivity index (χ0) is 14.4. The minimum atomic E-state index is 0.296. The number of anilines is 1. The molecule has 0 fully saturated rings. The molecule has 5 nitrogen and oxygen atoms in total. The maximum atomic E-state index is 5.86. The number of hydrogen-bond donors (Lipinski definition) is 1. The Morgan fingerprint density at radius 1 is 1.10 bits per heavy atom. The average molecular weight is 273 g/mol. The maximum absolute atomic E-state index is 5.86. The Labute approximate surface area is 118 Å². The number of nitrogens with zero attached hydrogens (tertiary/aromatic N) is 2. The van der Waals surface area contributed by atoms with Crippen LogP contribution in [-0.2, 0) is 6.42 Å². The Bertz CT molecular complexity index is 556. The number of unbranched alkanes of at least 4 members (excludes halogenated alkanes) is 1. The van der Waals surface area contributed by atoms with Gasteiger partial charge < -0.3 is 15.2 Å². The number of benzene rings is 1. The first-order valence-corrected chi connectivity index (χ1v) is 6.65. The summed E-state index contributed by atoms with van der Waals surface area (Å²) in [6.07, 6.45) is 4.83. The van der Waals surface area contributed by atoms with Crippen LogP contribution in [0.2, 0.25) is 0 Å². The minimum Gasteiger partial charge on any atom is -0.479 e. The van der Waals surface area contributed by atoms with Gasteiger partial charge in [0.25, 0.3) is 0 Å². The number of rotatable bonds is 6. The quantitative estimate of drug-likeness (QED) is 0.875. The second-order valence-corrected chi connectivity index (χ2v) is 4.45. The molecule has 0 unspecified atom stereocenters. The molecule has 5 heteroatoms. The molecule has 2 rings (SSSR count). The normalized spacial score (nSPS) is 10.3. The lowest BCUT2D eigenvalue weighted by atomic mass is 10.1. The van der Waals surface area contributed by atoms with Crippen LogP contribution < -0.4 is 15.2 Å². The van der Waals surface area contributed by atoms with E-state index in [1.54, 1.807) is 0 Å². The predicted molar refractivity (Wildman–Crippen MR) is 78.1 cm³/mol. The van der Waals surface area contributed by atoms with Crippen LogP contribution in [0.5, 0.6) is 17.5 Å². The van der Waals surface area contributed by atoms with Crippen molar-refractivity contribution < 1.29 is 9.47 Å². The van der Waals surface area contributed by atoms with E-state index >= 15 is 0 Å². The third-order valence-corrected chi connectivity index (χ3v) is 2.96. The molecule has 0 aliphatic rings. The molecule has 0 saturated carbocycles. The fraction of sp³-hybridized carbons (Fsp3) is 0.333. The van der Waals surface area contributed by atoms with E-state index in [0.29, 0.717) is 23.2 Å². The summed E-state index contributed by atoms with van der Waals surface area (Å²) in [5.74, 6) is 1.31. The fourth-order valence-corrected chi connectivity index (χ4v) is 1.82. The molecule has 20 heavy (non-hydrogen) atoms. The van der Waals surface area contributed by atoms with Gasteiger partial charge in [0.05, 0.1) is 7.11 Å². The highest BCUT2D eigenvalue weighted by molar-refractivity contribution is 5.56. The SMILES string of the molecule is CCCCc1ccc(Oc2ncnc(OC)c2N)cc1. The first-order valence-electron chi connectivity index (χ1n) is 6.65.